The fraction of sp³-hybridized carbons (Fsp3) is 0.421. The summed E-state index contributed by atoms with van der Waals surface area (Å²) in [7, 11) is 0. The predicted molar refractivity (Wildman–Crippen MR) is 95.7 cm³/mol. The van der Waals surface area contributed by atoms with E-state index in [1.807, 2.05) is 24.0 Å². The minimum Gasteiger partial charge on any atom is -0.340 e. The van der Waals surface area contributed by atoms with Gasteiger partial charge in [-0.05, 0) is 57.2 Å². The van der Waals surface area contributed by atoms with E-state index in [0.29, 0.717) is 17.3 Å². The van der Waals surface area contributed by atoms with Crippen LogP contribution in [0.15, 0.2) is 24.3 Å². The molecule has 5 nitrogen and oxygen atoms in total. The topological polar surface area (TPSA) is 58.1 Å². The van der Waals surface area contributed by atoms with Crippen molar-refractivity contribution < 1.29 is 4.79 Å². The Morgan fingerprint density at radius 3 is 2.58 bits per heavy atom. The molecule has 1 N–H and O–H groups in total. The highest BCUT2D eigenvalue weighted by molar-refractivity contribution is 5.93. The van der Waals surface area contributed by atoms with Crippen molar-refractivity contribution in [2.75, 3.05) is 18.4 Å². The highest BCUT2D eigenvalue weighted by Crippen LogP contribution is 2.22. The molecule has 1 aromatic carbocycles. The molecule has 1 aromatic heterocycles. The molecule has 2 heterocycles. The van der Waals surface area contributed by atoms with Gasteiger partial charge in [0.25, 0.3) is 5.91 Å². The zero-order valence-corrected chi connectivity index (χ0v) is 14.6. The molecule has 1 amide bonds. The van der Waals surface area contributed by atoms with Crippen molar-refractivity contribution in [1.82, 2.24) is 14.9 Å². The molecule has 0 spiro atoms. The van der Waals surface area contributed by atoms with Gasteiger partial charge in [-0.15, -0.1) is 0 Å². The second-order valence-corrected chi connectivity index (χ2v) is 6.41. The summed E-state index contributed by atoms with van der Waals surface area (Å²) in [5.41, 5.74) is 3.87. The number of rotatable bonds is 3. The van der Waals surface area contributed by atoms with Gasteiger partial charge in [-0.1, -0.05) is 12.1 Å². The monoisotopic (exact) mass is 324 g/mol. The highest BCUT2D eigenvalue weighted by atomic mass is 16.2. The van der Waals surface area contributed by atoms with Crippen LogP contribution in [0, 0.1) is 20.8 Å². The van der Waals surface area contributed by atoms with Gasteiger partial charge in [-0.3, -0.25) is 4.79 Å². The molecule has 0 radical (unpaired) electrons. The number of benzene rings is 1. The summed E-state index contributed by atoms with van der Waals surface area (Å²) in [5.74, 6) is 1.27. The van der Waals surface area contributed by atoms with Crippen LogP contribution < -0.4 is 5.32 Å². The summed E-state index contributed by atoms with van der Waals surface area (Å²) >= 11 is 0. The third-order valence-electron chi connectivity index (χ3n) is 4.57. The maximum atomic E-state index is 12.7. The molecule has 0 saturated carbocycles. The van der Waals surface area contributed by atoms with Crippen molar-refractivity contribution in [3.8, 4) is 0 Å². The Labute approximate surface area is 143 Å². The lowest BCUT2D eigenvalue weighted by molar-refractivity contribution is 0.0718. The summed E-state index contributed by atoms with van der Waals surface area (Å²) in [5, 5.41) is 3.33. The van der Waals surface area contributed by atoms with Crippen LogP contribution in [0.5, 0.6) is 0 Å². The molecule has 2 aromatic rings. The number of anilines is 2. The van der Waals surface area contributed by atoms with Gasteiger partial charge in [0.05, 0.1) is 0 Å². The SMILES string of the molecule is Cc1nc(Nc2cccc(C)c2C)cc(C(=O)N2CCCCC2)n1. The van der Waals surface area contributed by atoms with Crippen LogP contribution in [-0.4, -0.2) is 33.9 Å². The van der Waals surface area contributed by atoms with Crippen molar-refractivity contribution in [1.29, 1.82) is 0 Å². The molecule has 3 rings (SSSR count). The largest absolute Gasteiger partial charge is 0.340 e. The number of nitrogens with one attached hydrogen (secondary N) is 1. The molecular formula is C19H24N4O. The van der Waals surface area contributed by atoms with Crippen molar-refractivity contribution in [3.63, 3.8) is 0 Å². The number of aryl methyl sites for hydroxylation is 2. The molecule has 0 unspecified atom stereocenters. The maximum absolute atomic E-state index is 12.7. The van der Waals surface area contributed by atoms with Crippen LogP contribution in [0.2, 0.25) is 0 Å². The van der Waals surface area contributed by atoms with E-state index in [0.717, 1.165) is 31.6 Å². The molecule has 1 aliphatic rings. The number of hydrogen-bond donors (Lipinski definition) is 1. The van der Waals surface area contributed by atoms with Crippen molar-refractivity contribution in [2.24, 2.45) is 0 Å². The molecule has 0 atom stereocenters. The van der Waals surface area contributed by atoms with Gasteiger partial charge < -0.3 is 10.2 Å². The first-order chi connectivity index (χ1) is 11.5. The molecule has 24 heavy (non-hydrogen) atoms. The van der Waals surface area contributed by atoms with Crippen molar-refractivity contribution in [3.05, 3.63) is 46.9 Å². The molecule has 126 valence electrons. The molecule has 0 aliphatic carbocycles. The van der Waals surface area contributed by atoms with E-state index in [1.54, 1.807) is 6.07 Å². The van der Waals surface area contributed by atoms with Crippen molar-refractivity contribution >= 4 is 17.4 Å². The zero-order chi connectivity index (χ0) is 17.1. The average Bonchev–Trinajstić information content (AvgIpc) is 2.58. The Kier molecular flexibility index (Phi) is 4.79. The number of likely N-dealkylation sites (tertiary alicyclic amines) is 1. The van der Waals surface area contributed by atoms with Gasteiger partial charge in [0.2, 0.25) is 0 Å². The highest BCUT2D eigenvalue weighted by Gasteiger charge is 2.20. The number of aromatic nitrogens is 2. The Hall–Kier alpha value is -2.43. The third-order valence-corrected chi connectivity index (χ3v) is 4.57. The smallest absolute Gasteiger partial charge is 0.272 e. The number of carbonyl (C=O) groups is 1. The zero-order valence-electron chi connectivity index (χ0n) is 14.6. The van der Waals surface area contributed by atoms with E-state index in [2.05, 4.69) is 35.2 Å². The van der Waals surface area contributed by atoms with E-state index < -0.39 is 0 Å². The Bertz CT molecular complexity index is 751. The lowest BCUT2D eigenvalue weighted by atomic mass is 10.1. The number of hydrogen-bond acceptors (Lipinski definition) is 4. The van der Waals surface area contributed by atoms with Gasteiger partial charge >= 0.3 is 0 Å². The number of nitrogens with zero attached hydrogens (tertiary/aromatic N) is 3. The fourth-order valence-corrected chi connectivity index (χ4v) is 3.02. The van der Waals surface area contributed by atoms with E-state index in [1.165, 1.54) is 17.5 Å². The lowest BCUT2D eigenvalue weighted by Gasteiger charge is -2.26. The second-order valence-electron chi connectivity index (χ2n) is 6.41. The Morgan fingerprint density at radius 2 is 1.83 bits per heavy atom. The van der Waals surface area contributed by atoms with Crippen LogP contribution in [-0.2, 0) is 0 Å². The van der Waals surface area contributed by atoms with E-state index in [4.69, 9.17) is 0 Å². The number of piperidine rings is 1. The van der Waals surface area contributed by atoms with Gasteiger partial charge in [0.15, 0.2) is 0 Å². The third kappa shape index (κ3) is 3.55. The molecule has 1 saturated heterocycles. The number of amides is 1. The molecule has 5 heteroatoms. The van der Waals surface area contributed by atoms with E-state index in [-0.39, 0.29) is 5.91 Å². The molecule has 0 bridgehead atoms. The summed E-state index contributed by atoms with van der Waals surface area (Å²) < 4.78 is 0. The minimum absolute atomic E-state index is 0.00390. The van der Waals surface area contributed by atoms with Gasteiger partial charge in [-0.2, -0.15) is 0 Å². The second kappa shape index (κ2) is 6.99. The first-order valence-electron chi connectivity index (χ1n) is 8.53. The Balaban J connectivity index is 1.86. The maximum Gasteiger partial charge on any atom is 0.272 e. The standard InChI is InChI=1S/C19H24N4O/c1-13-8-7-9-16(14(13)2)22-18-12-17(20-15(3)21-18)19(24)23-10-5-4-6-11-23/h7-9,12H,4-6,10-11H2,1-3H3,(H,20,21,22). The predicted octanol–water partition coefficient (Wildman–Crippen LogP) is 3.77. The number of carbonyl (C=O) groups excluding carboxylic acids is 1. The van der Waals surface area contributed by atoms with Crippen LogP contribution in [0.4, 0.5) is 11.5 Å². The first kappa shape index (κ1) is 16.4. The Morgan fingerprint density at radius 1 is 1.08 bits per heavy atom. The molecule has 1 fully saturated rings. The average molecular weight is 324 g/mol. The van der Waals surface area contributed by atoms with Gasteiger partial charge in [0.1, 0.15) is 17.3 Å². The first-order valence-corrected chi connectivity index (χ1v) is 8.53. The summed E-state index contributed by atoms with van der Waals surface area (Å²) in [6.07, 6.45) is 3.35. The van der Waals surface area contributed by atoms with Crippen LogP contribution >= 0.6 is 0 Å². The summed E-state index contributed by atoms with van der Waals surface area (Å²) in [6.45, 7) is 7.62. The molecule has 1 aliphatic heterocycles. The lowest BCUT2D eigenvalue weighted by Crippen LogP contribution is -2.36. The quantitative estimate of drug-likeness (QED) is 0.933. The van der Waals surface area contributed by atoms with Crippen molar-refractivity contribution in [2.45, 2.75) is 40.0 Å². The van der Waals surface area contributed by atoms with Gasteiger partial charge in [0, 0.05) is 24.8 Å². The van der Waals surface area contributed by atoms with E-state index in [9.17, 15) is 4.79 Å². The summed E-state index contributed by atoms with van der Waals surface area (Å²) in [6, 6.07) is 7.87. The fourth-order valence-electron chi connectivity index (χ4n) is 3.02. The van der Waals surface area contributed by atoms with Crippen LogP contribution in [0.1, 0.15) is 46.7 Å². The van der Waals surface area contributed by atoms with Crippen LogP contribution in [0.3, 0.4) is 0 Å². The van der Waals surface area contributed by atoms with E-state index >= 15 is 0 Å². The molecular weight excluding hydrogens is 300 g/mol. The van der Waals surface area contributed by atoms with Crippen LogP contribution in [0.25, 0.3) is 0 Å². The normalized spacial score (nSPS) is 14.5. The van der Waals surface area contributed by atoms with Gasteiger partial charge in [-0.25, -0.2) is 9.97 Å². The summed E-state index contributed by atoms with van der Waals surface area (Å²) in [4.78, 5) is 23.4. The minimum atomic E-state index is 0.00390.